The molecule has 2 atom stereocenters. The number of amides is 1. The standard InChI is InChI=1S/C15H19BrN2O3/c1-8-6-18(7-12(8)15(20)21-3)14(19)11-4-10(16)5-13(17)9(11)2/h4-5,8,12H,6-7,17H2,1-3H3. The number of anilines is 1. The van der Waals surface area contributed by atoms with Crippen LogP contribution in [0, 0.1) is 18.8 Å². The zero-order valence-electron chi connectivity index (χ0n) is 12.4. The first kappa shape index (κ1) is 15.8. The van der Waals surface area contributed by atoms with Crippen molar-refractivity contribution in [2.24, 2.45) is 11.8 Å². The Balaban J connectivity index is 2.24. The zero-order valence-corrected chi connectivity index (χ0v) is 13.9. The normalized spacial score (nSPS) is 21.4. The number of esters is 1. The first-order valence-electron chi connectivity index (χ1n) is 6.77. The van der Waals surface area contributed by atoms with E-state index in [9.17, 15) is 9.59 Å². The molecule has 114 valence electrons. The van der Waals surface area contributed by atoms with Gasteiger partial charge in [-0.15, -0.1) is 0 Å². The SMILES string of the molecule is COC(=O)C1CN(C(=O)c2cc(Br)cc(N)c2C)CC1C. The molecule has 2 rings (SSSR count). The fraction of sp³-hybridized carbons (Fsp3) is 0.467. The number of hydrogen-bond donors (Lipinski definition) is 1. The van der Waals surface area contributed by atoms with E-state index in [1.807, 2.05) is 13.8 Å². The molecule has 1 aliphatic rings. The molecule has 1 fully saturated rings. The van der Waals surface area contributed by atoms with Gasteiger partial charge in [-0.05, 0) is 30.5 Å². The molecule has 1 aliphatic heterocycles. The Labute approximate surface area is 132 Å². The van der Waals surface area contributed by atoms with Crippen molar-refractivity contribution in [3.63, 3.8) is 0 Å². The van der Waals surface area contributed by atoms with Gasteiger partial charge in [0.15, 0.2) is 0 Å². The number of nitrogens with two attached hydrogens (primary N) is 1. The average molecular weight is 355 g/mol. The molecule has 2 N–H and O–H groups in total. The molecule has 6 heteroatoms. The number of methoxy groups -OCH3 is 1. The first-order valence-corrected chi connectivity index (χ1v) is 7.57. The van der Waals surface area contributed by atoms with Gasteiger partial charge in [0.2, 0.25) is 0 Å². The average Bonchev–Trinajstić information content (AvgIpc) is 2.83. The summed E-state index contributed by atoms with van der Waals surface area (Å²) in [6.07, 6.45) is 0. The topological polar surface area (TPSA) is 72.6 Å². The molecule has 0 bridgehead atoms. The van der Waals surface area contributed by atoms with E-state index in [1.165, 1.54) is 7.11 Å². The van der Waals surface area contributed by atoms with Crippen molar-refractivity contribution in [3.05, 3.63) is 27.7 Å². The molecular formula is C15H19BrN2O3. The Morgan fingerprint density at radius 1 is 1.38 bits per heavy atom. The predicted molar refractivity (Wildman–Crippen MR) is 83.9 cm³/mol. The van der Waals surface area contributed by atoms with E-state index in [2.05, 4.69) is 15.9 Å². The van der Waals surface area contributed by atoms with Gasteiger partial charge in [-0.1, -0.05) is 22.9 Å². The lowest BCUT2D eigenvalue weighted by Gasteiger charge is -2.18. The Kier molecular flexibility index (Phi) is 4.56. The molecule has 1 aromatic rings. The third-order valence-electron chi connectivity index (χ3n) is 4.05. The zero-order chi connectivity index (χ0) is 15.7. The number of ether oxygens (including phenoxy) is 1. The molecule has 0 aliphatic carbocycles. The number of nitrogen functional groups attached to an aromatic ring is 1. The van der Waals surface area contributed by atoms with Crippen molar-refractivity contribution in [1.29, 1.82) is 0 Å². The molecule has 5 nitrogen and oxygen atoms in total. The van der Waals surface area contributed by atoms with Crippen LogP contribution >= 0.6 is 15.9 Å². The van der Waals surface area contributed by atoms with Crippen LogP contribution in [0.15, 0.2) is 16.6 Å². The van der Waals surface area contributed by atoms with Gasteiger partial charge in [-0.2, -0.15) is 0 Å². The number of rotatable bonds is 2. The van der Waals surface area contributed by atoms with Gasteiger partial charge in [0.05, 0.1) is 13.0 Å². The van der Waals surface area contributed by atoms with E-state index >= 15 is 0 Å². The van der Waals surface area contributed by atoms with Crippen LogP contribution in [0.1, 0.15) is 22.8 Å². The molecule has 0 radical (unpaired) electrons. The molecular weight excluding hydrogens is 336 g/mol. The fourth-order valence-corrected chi connectivity index (χ4v) is 3.16. The van der Waals surface area contributed by atoms with Crippen LogP contribution in [0.25, 0.3) is 0 Å². The highest BCUT2D eigenvalue weighted by Gasteiger charge is 2.38. The molecule has 1 amide bonds. The predicted octanol–water partition coefficient (Wildman–Crippen LogP) is 2.22. The van der Waals surface area contributed by atoms with Gasteiger partial charge < -0.3 is 15.4 Å². The number of hydrogen-bond acceptors (Lipinski definition) is 4. The van der Waals surface area contributed by atoms with E-state index in [1.54, 1.807) is 17.0 Å². The second kappa shape index (κ2) is 6.05. The molecule has 1 saturated heterocycles. The lowest BCUT2D eigenvalue weighted by atomic mass is 9.99. The van der Waals surface area contributed by atoms with Gasteiger partial charge in [-0.25, -0.2) is 0 Å². The van der Waals surface area contributed by atoms with Crippen LogP contribution in [-0.2, 0) is 9.53 Å². The number of halogens is 1. The summed E-state index contributed by atoms with van der Waals surface area (Å²) in [6.45, 7) is 4.71. The molecule has 0 aromatic heterocycles. The monoisotopic (exact) mass is 354 g/mol. The third kappa shape index (κ3) is 3.05. The molecule has 0 saturated carbocycles. The summed E-state index contributed by atoms with van der Waals surface area (Å²) in [4.78, 5) is 26.1. The maximum absolute atomic E-state index is 12.7. The molecule has 1 aromatic carbocycles. The first-order chi connectivity index (χ1) is 9.85. The smallest absolute Gasteiger partial charge is 0.310 e. The number of carbonyl (C=O) groups excluding carboxylic acids is 2. The Hall–Kier alpha value is -1.56. The number of likely N-dealkylation sites (tertiary alicyclic amines) is 1. The quantitative estimate of drug-likeness (QED) is 0.652. The lowest BCUT2D eigenvalue weighted by molar-refractivity contribution is -0.146. The summed E-state index contributed by atoms with van der Waals surface area (Å²) in [5.41, 5.74) is 7.81. The van der Waals surface area contributed by atoms with E-state index in [-0.39, 0.29) is 23.7 Å². The molecule has 1 heterocycles. The van der Waals surface area contributed by atoms with Crippen molar-refractivity contribution in [2.75, 3.05) is 25.9 Å². The van der Waals surface area contributed by atoms with E-state index in [4.69, 9.17) is 10.5 Å². The summed E-state index contributed by atoms with van der Waals surface area (Å²) in [5, 5.41) is 0. The second-order valence-electron chi connectivity index (χ2n) is 5.48. The third-order valence-corrected chi connectivity index (χ3v) is 4.50. The van der Waals surface area contributed by atoms with Gasteiger partial charge in [0, 0.05) is 28.8 Å². The number of benzene rings is 1. The van der Waals surface area contributed by atoms with Crippen LogP contribution in [0.5, 0.6) is 0 Å². The minimum Gasteiger partial charge on any atom is -0.469 e. The van der Waals surface area contributed by atoms with Crippen LogP contribution in [0.3, 0.4) is 0 Å². The second-order valence-corrected chi connectivity index (χ2v) is 6.40. The minimum atomic E-state index is -0.261. The van der Waals surface area contributed by atoms with Crippen molar-refractivity contribution in [1.82, 2.24) is 4.90 Å². The summed E-state index contributed by atoms with van der Waals surface area (Å²) in [7, 11) is 1.37. The molecule has 2 unspecified atom stereocenters. The van der Waals surface area contributed by atoms with Crippen LogP contribution in [-0.4, -0.2) is 37.0 Å². The van der Waals surface area contributed by atoms with Crippen molar-refractivity contribution < 1.29 is 14.3 Å². The van der Waals surface area contributed by atoms with E-state index in [0.717, 1.165) is 10.0 Å². The van der Waals surface area contributed by atoms with Gasteiger partial charge in [0.25, 0.3) is 5.91 Å². The maximum atomic E-state index is 12.7. The van der Waals surface area contributed by atoms with Crippen molar-refractivity contribution >= 4 is 33.5 Å². The number of nitrogens with zero attached hydrogens (tertiary/aromatic N) is 1. The highest BCUT2D eigenvalue weighted by Crippen LogP contribution is 2.29. The van der Waals surface area contributed by atoms with Crippen molar-refractivity contribution in [2.45, 2.75) is 13.8 Å². The Morgan fingerprint density at radius 3 is 2.67 bits per heavy atom. The summed E-state index contributed by atoms with van der Waals surface area (Å²) in [6, 6.07) is 3.54. The largest absolute Gasteiger partial charge is 0.469 e. The van der Waals surface area contributed by atoms with E-state index < -0.39 is 0 Å². The lowest BCUT2D eigenvalue weighted by Crippen LogP contribution is -2.30. The van der Waals surface area contributed by atoms with Gasteiger partial charge >= 0.3 is 5.97 Å². The highest BCUT2D eigenvalue weighted by atomic mass is 79.9. The van der Waals surface area contributed by atoms with Gasteiger partial charge in [-0.3, -0.25) is 9.59 Å². The van der Waals surface area contributed by atoms with Crippen LogP contribution < -0.4 is 5.73 Å². The summed E-state index contributed by atoms with van der Waals surface area (Å²) >= 11 is 3.36. The fourth-order valence-electron chi connectivity index (χ4n) is 2.68. The number of carbonyl (C=O) groups is 2. The summed E-state index contributed by atoms with van der Waals surface area (Å²) < 4.78 is 5.57. The minimum absolute atomic E-state index is 0.0891. The van der Waals surface area contributed by atoms with Crippen LogP contribution in [0.4, 0.5) is 5.69 Å². The maximum Gasteiger partial charge on any atom is 0.310 e. The Morgan fingerprint density at radius 2 is 2.05 bits per heavy atom. The Bertz CT molecular complexity index is 589. The van der Waals surface area contributed by atoms with Crippen LogP contribution in [0.2, 0.25) is 0 Å². The molecule has 21 heavy (non-hydrogen) atoms. The van der Waals surface area contributed by atoms with Gasteiger partial charge in [0.1, 0.15) is 0 Å². The van der Waals surface area contributed by atoms with E-state index in [0.29, 0.717) is 24.3 Å². The summed E-state index contributed by atoms with van der Waals surface area (Å²) in [5.74, 6) is -0.531. The molecule has 0 spiro atoms. The highest BCUT2D eigenvalue weighted by molar-refractivity contribution is 9.10. The van der Waals surface area contributed by atoms with Crippen molar-refractivity contribution in [3.8, 4) is 0 Å².